The first-order chi connectivity index (χ1) is 15.7. The fourth-order valence-electron chi connectivity index (χ4n) is 3.38. The van der Waals surface area contributed by atoms with Crippen molar-refractivity contribution < 1.29 is 9.59 Å². The third-order valence-corrected chi connectivity index (χ3v) is 5.10. The van der Waals surface area contributed by atoms with Gasteiger partial charge in [0.2, 0.25) is 11.8 Å². The molecule has 33 heavy (non-hydrogen) atoms. The van der Waals surface area contributed by atoms with Crippen LogP contribution in [0.3, 0.4) is 0 Å². The molecule has 3 aromatic rings. The molecule has 0 aliphatic rings. The molecular formula is C24H29N7O2. The van der Waals surface area contributed by atoms with Gasteiger partial charge in [0.15, 0.2) is 0 Å². The topological polar surface area (TPSA) is 143 Å². The summed E-state index contributed by atoms with van der Waals surface area (Å²) < 4.78 is 1.60. The number of primary amides is 1. The highest BCUT2D eigenvalue weighted by atomic mass is 16.2. The van der Waals surface area contributed by atoms with Crippen LogP contribution in [0.25, 0.3) is 0 Å². The Bertz CT molecular complexity index is 1140. The first-order valence-electron chi connectivity index (χ1n) is 10.6. The SMILES string of the molecule is CC(C)c1ccc(NC(=O)CN(Cc2cn(CC(N)=O)cn2)c2cccc(C(=N)N)c2)cc1. The zero-order valence-electron chi connectivity index (χ0n) is 18.8. The summed E-state index contributed by atoms with van der Waals surface area (Å²) in [5, 5.41) is 10.6. The van der Waals surface area contributed by atoms with E-state index in [1.54, 1.807) is 29.0 Å². The quantitative estimate of drug-likeness (QED) is 0.279. The van der Waals surface area contributed by atoms with Gasteiger partial charge >= 0.3 is 0 Å². The van der Waals surface area contributed by atoms with Crippen molar-refractivity contribution in [2.24, 2.45) is 11.5 Å². The van der Waals surface area contributed by atoms with Gasteiger partial charge in [-0.05, 0) is 35.7 Å². The van der Waals surface area contributed by atoms with Gasteiger partial charge in [-0.3, -0.25) is 15.0 Å². The van der Waals surface area contributed by atoms with Gasteiger partial charge in [-0.1, -0.05) is 38.1 Å². The van der Waals surface area contributed by atoms with Gasteiger partial charge < -0.3 is 26.3 Å². The van der Waals surface area contributed by atoms with E-state index < -0.39 is 5.91 Å². The van der Waals surface area contributed by atoms with Crippen LogP contribution in [0, 0.1) is 5.41 Å². The molecule has 9 nitrogen and oxygen atoms in total. The van der Waals surface area contributed by atoms with Crippen LogP contribution in [0.4, 0.5) is 11.4 Å². The van der Waals surface area contributed by atoms with Crippen LogP contribution >= 0.6 is 0 Å². The Labute approximate surface area is 192 Å². The highest BCUT2D eigenvalue weighted by Crippen LogP contribution is 2.20. The van der Waals surface area contributed by atoms with Crippen molar-refractivity contribution in [3.05, 3.63) is 77.9 Å². The Morgan fingerprint density at radius 3 is 2.52 bits per heavy atom. The molecule has 2 aromatic carbocycles. The maximum absolute atomic E-state index is 12.9. The van der Waals surface area contributed by atoms with E-state index >= 15 is 0 Å². The number of nitrogen functional groups attached to an aromatic ring is 1. The van der Waals surface area contributed by atoms with E-state index in [0.717, 1.165) is 5.69 Å². The minimum absolute atomic E-state index is 0.0275. The van der Waals surface area contributed by atoms with Crippen molar-refractivity contribution >= 4 is 29.0 Å². The summed E-state index contributed by atoms with van der Waals surface area (Å²) in [6, 6.07) is 14.9. The number of carbonyl (C=O) groups is 2. The van der Waals surface area contributed by atoms with Crippen molar-refractivity contribution in [2.75, 3.05) is 16.8 Å². The number of nitrogens with two attached hydrogens (primary N) is 2. The van der Waals surface area contributed by atoms with Crippen LogP contribution in [-0.2, 0) is 22.7 Å². The number of nitrogens with one attached hydrogen (secondary N) is 2. The normalized spacial score (nSPS) is 10.8. The molecule has 1 aromatic heterocycles. The van der Waals surface area contributed by atoms with Crippen molar-refractivity contribution in [1.29, 1.82) is 5.41 Å². The lowest BCUT2D eigenvalue weighted by atomic mass is 10.0. The molecule has 9 heteroatoms. The predicted molar refractivity (Wildman–Crippen MR) is 129 cm³/mol. The number of rotatable bonds is 10. The lowest BCUT2D eigenvalue weighted by molar-refractivity contribution is -0.118. The average Bonchev–Trinajstić information content (AvgIpc) is 3.19. The molecule has 1 heterocycles. The monoisotopic (exact) mass is 447 g/mol. The van der Waals surface area contributed by atoms with E-state index in [2.05, 4.69) is 24.1 Å². The van der Waals surface area contributed by atoms with E-state index in [1.165, 1.54) is 11.9 Å². The number of amidine groups is 1. The zero-order chi connectivity index (χ0) is 24.0. The van der Waals surface area contributed by atoms with Crippen molar-refractivity contribution in [3.63, 3.8) is 0 Å². The highest BCUT2D eigenvalue weighted by molar-refractivity contribution is 5.97. The van der Waals surface area contributed by atoms with Crippen LogP contribution in [0.15, 0.2) is 61.1 Å². The van der Waals surface area contributed by atoms with Crippen LogP contribution in [0.2, 0.25) is 0 Å². The van der Waals surface area contributed by atoms with Crippen molar-refractivity contribution in [3.8, 4) is 0 Å². The molecule has 0 bridgehead atoms. The van der Waals surface area contributed by atoms with Gasteiger partial charge in [-0.25, -0.2) is 4.98 Å². The zero-order valence-corrected chi connectivity index (χ0v) is 18.8. The van der Waals surface area contributed by atoms with E-state index in [-0.39, 0.29) is 24.8 Å². The molecule has 0 aliphatic carbocycles. The Hall–Kier alpha value is -4.14. The van der Waals surface area contributed by atoms with Crippen LogP contribution in [0.5, 0.6) is 0 Å². The first-order valence-corrected chi connectivity index (χ1v) is 10.6. The number of hydrogen-bond acceptors (Lipinski definition) is 5. The summed E-state index contributed by atoms with van der Waals surface area (Å²) in [6.45, 7) is 4.62. The Morgan fingerprint density at radius 1 is 1.15 bits per heavy atom. The van der Waals surface area contributed by atoms with Crippen molar-refractivity contribution in [2.45, 2.75) is 32.9 Å². The third kappa shape index (κ3) is 6.67. The van der Waals surface area contributed by atoms with Crippen LogP contribution in [-0.4, -0.2) is 33.7 Å². The number of aromatic nitrogens is 2. The lowest BCUT2D eigenvalue weighted by Crippen LogP contribution is -2.33. The standard InChI is InChI=1S/C24H29N7O2/c1-16(2)17-6-8-19(9-7-17)29-23(33)14-31(21-5-3-4-18(10-21)24(26)27)12-20-11-30(15-28-20)13-22(25)32/h3-11,15-16H,12-14H2,1-2H3,(H2,25,32)(H3,26,27)(H,29,33). The molecule has 0 unspecified atom stereocenters. The predicted octanol–water partition coefficient (Wildman–Crippen LogP) is 2.42. The fourth-order valence-corrected chi connectivity index (χ4v) is 3.38. The third-order valence-electron chi connectivity index (χ3n) is 5.10. The molecule has 0 aliphatic heterocycles. The fraction of sp³-hybridized carbons (Fsp3) is 0.250. The number of imidazole rings is 1. The number of anilines is 2. The lowest BCUT2D eigenvalue weighted by Gasteiger charge is -2.24. The summed E-state index contributed by atoms with van der Waals surface area (Å²) >= 11 is 0. The molecule has 6 N–H and O–H groups in total. The first kappa shape index (κ1) is 23.5. The van der Waals surface area contributed by atoms with Gasteiger partial charge in [0.05, 0.1) is 25.1 Å². The summed E-state index contributed by atoms with van der Waals surface area (Å²) in [7, 11) is 0. The summed E-state index contributed by atoms with van der Waals surface area (Å²) in [5.74, 6) is -0.310. The van der Waals surface area contributed by atoms with E-state index in [9.17, 15) is 9.59 Å². The van der Waals surface area contributed by atoms with Crippen LogP contribution < -0.4 is 21.7 Å². The van der Waals surface area contributed by atoms with Gasteiger partial charge in [0.25, 0.3) is 0 Å². The maximum atomic E-state index is 12.9. The molecule has 0 radical (unpaired) electrons. The molecule has 0 fully saturated rings. The van der Waals surface area contributed by atoms with E-state index in [4.69, 9.17) is 16.9 Å². The number of carbonyl (C=O) groups excluding carboxylic acids is 2. The average molecular weight is 448 g/mol. The van der Waals surface area contributed by atoms with Gasteiger partial charge in [0.1, 0.15) is 12.4 Å². The van der Waals surface area contributed by atoms with E-state index in [0.29, 0.717) is 29.4 Å². The number of nitrogens with zero attached hydrogens (tertiary/aromatic N) is 3. The van der Waals surface area contributed by atoms with Gasteiger partial charge in [-0.2, -0.15) is 0 Å². The Kier molecular flexibility index (Phi) is 7.45. The van der Waals surface area contributed by atoms with Gasteiger partial charge in [-0.15, -0.1) is 0 Å². The molecule has 3 rings (SSSR count). The van der Waals surface area contributed by atoms with Crippen LogP contribution in [0.1, 0.15) is 36.6 Å². The smallest absolute Gasteiger partial charge is 0.243 e. The van der Waals surface area contributed by atoms with Crippen molar-refractivity contribution in [1.82, 2.24) is 9.55 Å². The maximum Gasteiger partial charge on any atom is 0.243 e. The molecule has 2 amide bonds. The summed E-state index contributed by atoms with van der Waals surface area (Å²) in [5.41, 5.74) is 14.8. The summed E-state index contributed by atoms with van der Waals surface area (Å²) in [4.78, 5) is 30.2. The molecule has 0 spiro atoms. The number of benzene rings is 2. The highest BCUT2D eigenvalue weighted by Gasteiger charge is 2.16. The second-order valence-electron chi connectivity index (χ2n) is 8.15. The largest absolute Gasteiger partial charge is 0.384 e. The minimum atomic E-state index is -0.465. The molecule has 172 valence electrons. The second-order valence-corrected chi connectivity index (χ2v) is 8.15. The Morgan fingerprint density at radius 2 is 1.88 bits per heavy atom. The Balaban J connectivity index is 1.79. The number of amides is 2. The van der Waals surface area contributed by atoms with E-state index in [1.807, 2.05) is 35.2 Å². The summed E-state index contributed by atoms with van der Waals surface area (Å²) in [6.07, 6.45) is 3.25. The second kappa shape index (κ2) is 10.4. The van der Waals surface area contributed by atoms with Gasteiger partial charge in [0, 0.05) is 23.1 Å². The molecule has 0 saturated carbocycles. The number of hydrogen-bond donors (Lipinski definition) is 4. The molecule has 0 atom stereocenters. The minimum Gasteiger partial charge on any atom is -0.384 e. The molecular weight excluding hydrogens is 418 g/mol. The molecule has 0 saturated heterocycles.